The molecule has 1 heterocycles. The van der Waals surface area contributed by atoms with Gasteiger partial charge in [-0.15, -0.1) is 0 Å². The molecule has 0 spiro atoms. The number of quaternary nitrogens is 1. The second-order valence-corrected chi connectivity index (χ2v) is 4.08. The highest BCUT2D eigenvalue weighted by Gasteiger charge is 2.18. The smallest absolute Gasteiger partial charge is 0.109 e. The van der Waals surface area contributed by atoms with E-state index in [1.807, 2.05) is 0 Å². The molecule has 0 bridgehead atoms. The van der Waals surface area contributed by atoms with Crippen molar-refractivity contribution in [2.45, 2.75) is 6.54 Å². The first-order chi connectivity index (χ1) is 6.79. The van der Waals surface area contributed by atoms with Crippen LogP contribution in [0.3, 0.4) is 0 Å². The van der Waals surface area contributed by atoms with Crippen molar-refractivity contribution in [1.82, 2.24) is 0 Å². The summed E-state index contributed by atoms with van der Waals surface area (Å²) in [5.74, 6) is 0. The third-order valence-electron chi connectivity index (χ3n) is 2.60. The van der Waals surface area contributed by atoms with Crippen LogP contribution in [-0.2, 0) is 6.54 Å². The van der Waals surface area contributed by atoms with E-state index in [4.69, 9.17) is 0 Å². The Morgan fingerprint density at radius 1 is 1.14 bits per heavy atom. The van der Waals surface area contributed by atoms with Crippen molar-refractivity contribution in [2.75, 3.05) is 13.6 Å². The first-order valence-electron chi connectivity index (χ1n) is 5.01. The van der Waals surface area contributed by atoms with Crippen LogP contribution >= 0.6 is 0 Å². The van der Waals surface area contributed by atoms with Gasteiger partial charge in [-0.2, -0.15) is 0 Å². The fourth-order valence-electron chi connectivity index (χ4n) is 1.82. The highest BCUT2D eigenvalue weighted by atomic mass is 15.3. The third-order valence-corrected chi connectivity index (χ3v) is 2.60. The van der Waals surface area contributed by atoms with Crippen LogP contribution in [0.1, 0.15) is 5.56 Å². The van der Waals surface area contributed by atoms with Crippen LogP contribution in [-0.4, -0.2) is 18.1 Å². The minimum atomic E-state index is 0.973. The number of rotatable bonds is 2. The molecule has 2 rings (SSSR count). The molecule has 1 unspecified atom stereocenters. The molecule has 1 aliphatic rings. The Bertz CT molecular complexity index is 351. The monoisotopic (exact) mass is 186 g/mol. The van der Waals surface area contributed by atoms with E-state index in [2.05, 4.69) is 61.8 Å². The van der Waals surface area contributed by atoms with Crippen molar-refractivity contribution >= 4 is 0 Å². The van der Waals surface area contributed by atoms with Crippen LogP contribution in [0.15, 0.2) is 54.8 Å². The molecule has 0 saturated heterocycles. The minimum Gasteiger partial charge on any atom is -0.293 e. The molecule has 1 aliphatic heterocycles. The van der Waals surface area contributed by atoms with Gasteiger partial charge in [-0.25, -0.2) is 0 Å². The minimum absolute atomic E-state index is 0.973. The Kier molecular flexibility index (Phi) is 2.51. The van der Waals surface area contributed by atoms with E-state index in [0.29, 0.717) is 0 Å². The zero-order valence-electron chi connectivity index (χ0n) is 8.56. The van der Waals surface area contributed by atoms with E-state index in [-0.39, 0.29) is 0 Å². The van der Waals surface area contributed by atoms with Gasteiger partial charge in [-0.1, -0.05) is 36.4 Å². The second-order valence-electron chi connectivity index (χ2n) is 4.08. The number of benzene rings is 1. The zero-order chi connectivity index (χ0) is 9.86. The SMILES string of the molecule is C[N+]1(Cc2ccccc2)C=CC=CC1. The first-order valence-corrected chi connectivity index (χ1v) is 5.01. The van der Waals surface area contributed by atoms with E-state index in [9.17, 15) is 0 Å². The maximum Gasteiger partial charge on any atom is 0.109 e. The molecule has 0 aromatic heterocycles. The molecule has 0 amide bonds. The van der Waals surface area contributed by atoms with Gasteiger partial charge in [0, 0.05) is 5.56 Å². The quantitative estimate of drug-likeness (QED) is 0.623. The lowest BCUT2D eigenvalue weighted by molar-refractivity contribution is -0.867. The molecule has 0 radical (unpaired) electrons. The van der Waals surface area contributed by atoms with Gasteiger partial charge in [0.05, 0.1) is 13.2 Å². The van der Waals surface area contributed by atoms with Crippen LogP contribution in [0, 0.1) is 0 Å². The largest absolute Gasteiger partial charge is 0.293 e. The average Bonchev–Trinajstić information content (AvgIpc) is 2.19. The van der Waals surface area contributed by atoms with Gasteiger partial charge < -0.3 is 0 Å². The lowest BCUT2D eigenvalue weighted by atomic mass is 10.2. The summed E-state index contributed by atoms with van der Waals surface area (Å²) in [5.41, 5.74) is 1.40. The molecular formula is C13H16N+. The van der Waals surface area contributed by atoms with Gasteiger partial charge in [0.2, 0.25) is 0 Å². The zero-order valence-corrected chi connectivity index (χ0v) is 8.56. The molecule has 0 N–H and O–H groups in total. The molecule has 1 aromatic rings. The third kappa shape index (κ3) is 2.12. The van der Waals surface area contributed by atoms with Crippen LogP contribution < -0.4 is 0 Å². The van der Waals surface area contributed by atoms with Gasteiger partial charge in [0.15, 0.2) is 0 Å². The standard InChI is InChI=1S/C13H16N/c1-14(10-6-3-7-11-14)12-13-8-4-2-5-9-13/h2-10H,11-12H2,1H3/q+1. The van der Waals surface area contributed by atoms with E-state index < -0.39 is 0 Å². The molecule has 0 fully saturated rings. The van der Waals surface area contributed by atoms with E-state index in [0.717, 1.165) is 17.6 Å². The average molecular weight is 186 g/mol. The van der Waals surface area contributed by atoms with Crippen LogP contribution in [0.25, 0.3) is 0 Å². The molecule has 1 nitrogen and oxygen atoms in total. The normalized spacial score (nSPS) is 25.2. The number of likely N-dealkylation sites (N-methyl/N-ethyl adjacent to an activating group) is 1. The van der Waals surface area contributed by atoms with Gasteiger partial charge in [-0.3, -0.25) is 4.48 Å². The highest BCUT2D eigenvalue weighted by molar-refractivity contribution is 5.14. The number of hydrogen-bond acceptors (Lipinski definition) is 0. The maximum absolute atomic E-state index is 2.26. The van der Waals surface area contributed by atoms with Crippen molar-refractivity contribution in [3.8, 4) is 0 Å². The van der Waals surface area contributed by atoms with Crippen molar-refractivity contribution in [3.63, 3.8) is 0 Å². The fraction of sp³-hybridized carbons (Fsp3) is 0.231. The van der Waals surface area contributed by atoms with Gasteiger partial charge in [-0.05, 0) is 12.2 Å². The summed E-state index contributed by atoms with van der Waals surface area (Å²) < 4.78 is 0.973. The molecule has 0 aliphatic carbocycles. The Hall–Kier alpha value is -1.34. The van der Waals surface area contributed by atoms with Crippen molar-refractivity contribution < 1.29 is 4.48 Å². The summed E-state index contributed by atoms with van der Waals surface area (Å²) in [4.78, 5) is 0. The molecule has 14 heavy (non-hydrogen) atoms. The lowest BCUT2D eigenvalue weighted by Gasteiger charge is -2.30. The second kappa shape index (κ2) is 3.81. The summed E-state index contributed by atoms with van der Waals surface area (Å²) in [5, 5.41) is 0. The van der Waals surface area contributed by atoms with E-state index in [1.165, 1.54) is 5.56 Å². The van der Waals surface area contributed by atoms with Crippen molar-refractivity contribution in [2.24, 2.45) is 0 Å². The molecule has 1 atom stereocenters. The number of allylic oxidation sites excluding steroid dienone is 2. The number of nitrogens with zero attached hydrogens (tertiary/aromatic N) is 1. The Morgan fingerprint density at radius 3 is 2.57 bits per heavy atom. The lowest BCUT2D eigenvalue weighted by Crippen LogP contribution is -2.38. The maximum atomic E-state index is 2.26. The van der Waals surface area contributed by atoms with E-state index >= 15 is 0 Å². The van der Waals surface area contributed by atoms with Gasteiger partial charge in [0.25, 0.3) is 0 Å². The van der Waals surface area contributed by atoms with Crippen molar-refractivity contribution in [3.05, 3.63) is 60.3 Å². The predicted octanol–water partition coefficient (Wildman–Crippen LogP) is 2.72. The van der Waals surface area contributed by atoms with Gasteiger partial charge >= 0.3 is 0 Å². The van der Waals surface area contributed by atoms with Crippen LogP contribution in [0.5, 0.6) is 0 Å². The van der Waals surface area contributed by atoms with Crippen LogP contribution in [0.2, 0.25) is 0 Å². The topological polar surface area (TPSA) is 0 Å². The highest BCUT2D eigenvalue weighted by Crippen LogP contribution is 2.15. The first kappa shape index (κ1) is 9.22. The van der Waals surface area contributed by atoms with Gasteiger partial charge in [0.1, 0.15) is 13.1 Å². The summed E-state index contributed by atoms with van der Waals surface area (Å²) >= 11 is 0. The number of hydrogen-bond donors (Lipinski definition) is 0. The predicted molar refractivity (Wildman–Crippen MR) is 59.5 cm³/mol. The van der Waals surface area contributed by atoms with Crippen molar-refractivity contribution in [1.29, 1.82) is 0 Å². The summed E-state index contributed by atoms with van der Waals surface area (Å²) in [6, 6.07) is 10.6. The Morgan fingerprint density at radius 2 is 1.93 bits per heavy atom. The summed E-state index contributed by atoms with van der Waals surface area (Å²) in [6.45, 7) is 2.16. The fourth-order valence-corrected chi connectivity index (χ4v) is 1.82. The molecular weight excluding hydrogens is 170 g/mol. The Balaban J connectivity index is 2.11. The summed E-state index contributed by atoms with van der Waals surface area (Å²) in [6.07, 6.45) is 8.73. The van der Waals surface area contributed by atoms with Crippen LogP contribution in [0.4, 0.5) is 0 Å². The molecule has 1 heteroatoms. The molecule has 0 saturated carbocycles. The molecule has 72 valence electrons. The summed E-state index contributed by atoms with van der Waals surface area (Å²) in [7, 11) is 2.26. The van der Waals surface area contributed by atoms with E-state index in [1.54, 1.807) is 0 Å². The Labute approximate surface area is 85.6 Å². The molecule has 1 aromatic carbocycles.